The molecule has 0 saturated heterocycles. The average Bonchev–Trinajstić information content (AvgIpc) is 2.73. The van der Waals surface area contributed by atoms with E-state index < -0.39 is 0 Å². The highest BCUT2D eigenvalue weighted by Gasteiger charge is 2.23. The number of aryl methyl sites for hydroxylation is 1. The van der Waals surface area contributed by atoms with Crippen molar-refractivity contribution < 1.29 is 4.79 Å². The van der Waals surface area contributed by atoms with Gasteiger partial charge in [-0.15, -0.1) is 0 Å². The molecule has 0 bridgehead atoms. The molecule has 1 aliphatic carbocycles. The molecule has 31 heavy (non-hydrogen) atoms. The number of nitrogens with two attached hydrogens (primary N) is 1. The van der Waals surface area contributed by atoms with E-state index in [1.54, 1.807) is 6.92 Å². The number of pyridine rings is 1. The number of aliphatic imine (C=N–C) groups is 1. The first-order valence-electron chi connectivity index (χ1n) is 11.6. The minimum absolute atomic E-state index is 0.247. The zero-order chi connectivity index (χ0) is 22.4. The molecule has 1 aliphatic rings. The number of anilines is 1. The van der Waals surface area contributed by atoms with E-state index in [1.165, 1.54) is 25.7 Å². The van der Waals surface area contributed by atoms with Crippen molar-refractivity contribution in [3.63, 3.8) is 0 Å². The molecule has 3 atom stereocenters. The summed E-state index contributed by atoms with van der Waals surface area (Å²) in [7, 11) is 0. The number of aromatic nitrogens is 1. The molecule has 1 saturated carbocycles. The number of nitrogens with zero attached hydrogens (tertiary/aromatic N) is 2. The smallest absolute Gasteiger partial charge is 0.282 e. The van der Waals surface area contributed by atoms with Crippen LogP contribution < -0.4 is 16.4 Å². The molecule has 1 amide bonds. The molecule has 1 fully saturated rings. The Morgan fingerprint density at radius 2 is 2.06 bits per heavy atom. The van der Waals surface area contributed by atoms with Crippen molar-refractivity contribution in [3.05, 3.63) is 35.4 Å². The SMILES string of the molecule is CCC(CCNc1nc2ccc(C)cc2cc1C(=O)N=C(C)N)NC1CCCCC1C. The Morgan fingerprint density at radius 1 is 1.29 bits per heavy atom. The fraction of sp³-hybridized carbons (Fsp3) is 0.560. The number of amidine groups is 1. The Hall–Kier alpha value is -2.47. The van der Waals surface area contributed by atoms with Crippen LogP contribution in [-0.2, 0) is 0 Å². The van der Waals surface area contributed by atoms with E-state index in [-0.39, 0.29) is 11.7 Å². The molecule has 0 radical (unpaired) electrons. The van der Waals surface area contributed by atoms with Crippen LogP contribution in [0.25, 0.3) is 10.9 Å². The van der Waals surface area contributed by atoms with Crippen LogP contribution in [0, 0.1) is 12.8 Å². The summed E-state index contributed by atoms with van der Waals surface area (Å²) < 4.78 is 0. The maximum absolute atomic E-state index is 12.7. The summed E-state index contributed by atoms with van der Waals surface area (Å²) in [6, 6.07) is 8.98. The van der Waals surface area contributed by atoms with Gasteiger partial charge in [0, 0.05) is 24.0 Å². The van der Waals surface area contributed by atoms with Crippen molar-refractivity contribution >= 4 is 28.5 Å². The number of hydrogen-bond acceptors (Lipinski definition) is 4. The predicted octanol–water partition coefficient (Wildman–Crippen LogP) is 4.81. The number of hydrogen-bond donors (Lipinski definition) is 3. The maximum Gasteiger partial charge on any atom is 0.282 e. The van der Waals surface area contributed by atoms with Crippen molar-refractivity contribution in [2.24, 2.45) is 16.6 Å². The zero-order valence-corrected chi connectivity index (χ0v) is 19.4. The largest absolute Gasteiger partial charge is 0.387 e. The molecule has 1 aromatic carbocycles. The second-order valence-electron chi connectivity index (χ2n) is 8.99. The third-order valence-electron chi connectivity index (χ3n) is 6.32. The quantitative estimate of drug-likeness (QED) is 0.419. The fourth-order valence-corrected chi connectivity index (χ4v) is 4.45. The molecule has 168 valence electrons. The van der Waals surface area contributed by atoms with E-state index in [0.717, 1.165) is 41.8 Å². The lowest BCUT2D eigenvalue weighted by Gasteiger charge is -2.33. The lowest BCUT2D eigenvalue weighted by Crippen LogP contribution is -2.44. The molecule has 1 aromatic heterocycles. The third-order valence-corrected chi connectivity index (χ3v) is 6.32. The third kappa shape index (κ3) is 6.26. The van der Waals surface area contributed by atoms with Crippen molar-refractivity contribution in [1.29, 1.82) is 0 Å². The highest BCUT2D eigenvalue weighted by atomic mass is 16.1. The van der Waals surface area contributed by atoms with E-state index in [4.69, 9.17) is 10.7 Å². The van der Waals surface area contributed by atoms with E-state index >= 15 is 0 Å². The average molecular weight is 424 g/mol. The molecule has 0 aliphatic heterocycles. The standard InChI is InChI=1S/C25H37N5O/c1-5-20(29-22-9-7-6-8-17(22)3)12-13-27-24-21(25(31)28-18(4)26)15-19-14-16(2)10-11-23(19)30-24/h10-11,14-15,17,20,22,29H,5-9,12-13H2,1-4H3,(H,27,30)(H2,26,28,31). The van der Waals surface area contributed by atoms with Crippen LogP contribution in [0.3, 0.4) is 0 Å². The molecule has 6 nitrogen and oxygen atoms in total. The van der Waals surface area contributed by atoms with Gasteiger partial charge in [0.15, 0.2) is 0 Å². The topological polar surface area (TPSA) is 92.4 Å². The summed E-state index contributed by atoms with van der Waals surface area (Å²) >= 11 is 0. The summed E-state index contributed by atoms with van der Waals surface area (Å²) in [4.78, 5) is 21.4. The molecule has 3 rings (SSSR count). The minimum Gasteiger partial charge on any atom is -0.387 e. The van der Waals surface area contributed by atoms with E-state index in [0.29, 0.717) is 23.5 Å². The van der Waals surface area contributed by atoms with Crippen LogP contribution >= 0.6 is 0 Å². The number of fused-ring (bicyclic) bond motifs is 1. The maximum atomic E-state index is 12.7. The number of carbonyl (C=O) groups excluding carboxylic acids is 1. The van der Waals surface area contributed by atoms with Crippen LogP contribution in [0.5, 0.6) is 0 Å². The molecule has 4 N–H and O–H groups in total. The van der Waals surface area contributed by atoms with Gasteiger partial charge in [0.2, 0.25) is 0 Å². The highest BCUT2D eigenvalue weighted by Crippen LogP contribution is 2.25. The van der Waals surface area contributed by atoms with Gasteiger partial charge in [0.1, 0.15) is 11.7 Å². The van der Waals surface area contributed by atoms with Crippen LogP contribution in [-0.4, -0.2) is 35.4 Å². The van der Waals surface area contributed by atoms with Crippen molar-refractivity contribution in [2.45, 2.75) is 78.3 Å². The first-order chi connectivity index (χ1) is 14.9. The Morgan fingerprint density at radius 3 is 2.77 bits per heavy atom. The minimum atomic E-state index is -0.361. The summed E-state index contributed by atoms with van der Waals surface area (Å²) in [5.41, 5.74) is 8.10. The van der Waals surface area contributed by atoms with Crippen molar-refractivity contribution in [3.8, 4) is 0 Å². The number of benzene rings is 1. The number of amides is 1. The van der Waals surface area contributed by atoms with Crippen LogP contribution in [0.2, 0.25) is 0 Å². The Bertz CT molecular complexity index is 935. The Labute approximate surface area is 186 Å². The first kappa shape index (κ1) is 23.2. The van der Waals surface area contributed by atoms with Crippen molar-refractivity contribution in [2.75, 3.05) is 11.9 Å². The normalized spacial score (nSPS) is 20.6. The lowest BCUT2D eigenvalue weighted by atomic mass is 9.85. The molecule has 0 spiro atoms. The highest BCUT2D eigenvalue weighted by molar-refractivity contribution is 6.07. The van der Waals surface area contributed by atoms with Gasteiger partial charge in [0.05, 0.1) is 11.1 Å². The fourth-order valence-electron chi connectivity index (χ4n) is 4.45. The zero-order valence-electron chi connectivity index (χ0n) is 19.4. The predicted molar refractivity (Wildman–Crippen MR) is 130 cm³/mol. The Balaban J connectivity index is 1.73. The molecule has 6 heteroatoms. The summed E-state index contributed by atoms with van der Waals surface area (Å²) in [5.74, 6) is 1.20. The molecule has 3 unspecified atom stereocenters. The van der Waals surface area contributed by atoms with Gasteiger partial charge in [0.25, 0.3) is 5.91 Å². The number of carbonyl (C=O) groups is 1. The molecule has 2 aromatic rings. The van der Waals surface area contributed by atoms with Crippen LogP contribution in [0.15, 0.2) is 29.3 Å². The van der Waals surface area contributed by atoms with Crippen LogP contribution in [0.4, 0.5) is 5.82 Å². The second kappa shape index (κ2) is 10.7. The van der Waals surface area contributed by atoms with E-state index in [9.17, 15) is 4.79 Å². The lowest BCUT2D eigenvalue weighted by molar-refractivity contribution is 0.100. The van der Waals surface area contributed by atoms with Crippen LogP contribution in [0.1, 0.15) is 75.2 Å². The molecular weight excluding hydrogens is 386 g/mol. The number of rotatable bonds is 8. The monoisotopic (exact) mass is 423 g/mol. The molecule has 1 heterocycles. The number of nitrogens with one attached hydrogen (secondary N) is 2. The summed E-state index contributed by atoms with van der Waals surface area (Å²) in [6.45, 7) is 8.98. The van der Waals surface area contributed by atoms with Gasteiger partial charge in [-0.1, -0.05) is 38.3 Å². The van der Waals surface area contributed by atoms with Gasteiger partial charge < -0.3 is 16.4 Å². The summed E-state index contributed by atoms with van der Waals surface area (Å²) in [5, 5.41) is 8.21. The first-order valence-corrected chi connectivity index (χ1v) is 11.6. The van der Waals surface area contributed by atoms with Gasteiger partial charge in [-0.2, -0.15) is 4.99 Å². The Kier molecular flexibility index (Phi) is 8.02. The van der Waals surface area contributed by atoms with Crippen molar-refractivity contribution in [1.82, 2.24) is 10.3 Å². The van der Waals surface area contributed by atoms with Gasteiger partial charge in [-0.25, -0.2) is 4.98 Å². The second-order valence-corrected chi connectivity index (χ2v) is 8.99. The van der Waals surface area contributed by atoms with Gasteiger partial charge in [-0.3, -0.25) is 4.79 Å². The van der Waals surface area contributed by atoms with E-state index in [1.807, 2.05) is 31.2 Å². The van der Waals surface area contributed by atoms with Gasteiger partial charge in [-0.05, 0) is 63.6 Å². The molecular formula is C25H37N5O. The van der Waals surface area contributed by atoms with Gasteiger partial charge >= 0.3 is 0 Å². The summed E-state index contributed by atoms with van der Waals surface area (Å²) in [6.07, 6.45) is 7.32. The van der Waals surface area contributed by atoms with E-state index in [2.05, 4.69) is 29.5 Å².